The molecular weight excluding hydrogens is 162 g/mol. The van der Waals surface area contributed by atoms with E-state index in [1.54, 1.807) is 0 Å². The topological polar surface area (TPSA) is 21.3 Å². The highest BCUT2D eigenvalue weighted by molar-refractivity contribution is 4.75. The Morgan fingerprint density at radius 2 is 2.54 bits per heavy atom. The van der Waals surface area contributed by atoms with Gasteiger partial charge >= 0.3 is 0 Å². The first kappa shape index (κ1) is 10.7. The third-order valence-corrected chi connectivity index (χ3v) is 2.64. The summed E-state index contributed by atoms with van der Waals surface area (Å²) in [5.74, 6) is 0.825. The van der Waals surface area contributed by atoms with Gasteiger partial charge in [-0.2, -0.15) is 0 Å². The molecule has 0 amide bonds. The molecule has 1 aliphatic rings. The number of piperidine rings is 1. The van der Waals surface area contributed by atoms with Crippen LogP contribution in [0.1, 0.15) is 26.2 Å². The lowest BCUT2D eigenvalue weighted by atomic mass is 9.97. The molecule has 0 spiro atoms. The standard InChI is InChI=1S/C11H21NO/c1-3-10(2)13-8-6-11-5-4-7-12-9-11/h3,10-12H,1,4-9H2,2H3. The molecule has 0 radical (unpaired) electrons. The van der Waals surface area contributed by atoms with Crippen LogP contribution in [0.2, 0.25) is 0 Å². The van der Waals surface area contributed by atoms with Crippen molar-refractivity contribution in [2.24, 2.45) is 5.92 Å². The summed E-state index contributed by atoms with van der Waals surface area (Å²) >= 11 is 0. The fourth-order valence-corrected chi connectivity index (χ4v) is 1.66. The Labute approximate surface area is 81.4 Å². The van der Waals surface area contributed by atoms with Crippen LogP contribution in [-0.2, 0) is 4.74 Å². The zero-order valence-electron chi connectivity index (χ0n) is 8.59. The summed E-state index contributed by atoms with van der Waals surface area (Å²) in [7, 11) is 0. The van der Waals surface area contributed by atoms with E-state index in [2.05, 4.69) is 11.9 Å². The minimum absolute atomic E-state index is 0.205. The monoisotopic (exact) mass is 183 g/mol. The van der Waals surface area contributed by atoms with Gasteiger partial charge in [0.25, 0.3) is 0 Å². The average molecular weight is 183 g/mol. The van der Waals surface area contributed by atoms with E-state index in [-0.39, 0.29) is 6.10 Å². The summed E-state index contributed by atoms with van der Waals surface area (Å²) in [5.41, 5.74) is 0. The van der Waals surface area contributed by atoms with Gasteiger partial charge in [0.05, 0.1) is 6.10 Å². The molecule has 0 saturated carbocycles. The Hall–Kier alpha value is -0.340. The molecule has 2 atom stereocenters. The van der Waals surface area contributed by atoms with Gasteiger partial charge in [-0.05, 0) is 45.2 Å². The Bertz CT molecular complexity index is 141. The summed E-state index contributed by atoms with van der Waals surface area (Å²) in [6, 6.07) is 0. The molecule has 0 aliphatic carbocycles. The van der Waals surface area contributed by atoms with Crippen molar-refractivity contribution in [3.05, 3.63) is 12.7 Å². The molecule has 1 N–H and O–H groups in total. The van der Waals surface area contributed by atoms with E-state index in [0.29, 0.717) is 0 Å². The van der Waals surface area contributed by atoms with E-state index >= 15 is 0 Å². The number of hydrogen-bond donors (Lipinski definition) is 1. The smallest absolute Gasteiger partial charge is 0.0725 e. The van der Waals surface area contributed by atoms with Crippen molar-refractivity contribution in [3.63, 3.8) is 0 Å². The molecule has 0 aromatic heterocycles. The van der Waals surface area contributed by atoms with Gasteiger partial charge in [0.1, 0.15) is 0 Å². The predicted molar refractivity (Wildman–Crippen MR) is 55.8 cm³/mol. The Morgan fingerprint density at radius 1 is 1.69 bits per heavy atom. The lowest BCUT2D eigenvalue weighted by Gasteiger charge is -2.22. The molecule has 2 unspecified atom stereocenters. The maximum absolute atomic E-state index is 5.55. The van der Waals surface area contributed by atoms with Crippen molar-refractivity contribution in [3.8, 4) is 0 Å². The number of rotatable bonds is 5. The highest BCUT2D eigenvalue weighted by Gasteiger charge is 2.12. The zero-order chi connectivity index (χ0) is 9.52. The minimum Gasteiger partial charge on any atom is -0.374 e. The molecule has 2 heteroatoms. The molecule has 1 fully saturated rings. The van der Waals surface area contributed by atoms with Crippen LogP contribution in [0.15, 0.2) is 12.7 Å². The van der Waals surface area contributed by atoms with E-state index < -0.39 is 0 Å². The Kier molecular flexibility index (Phi) is 5.09. The van der Waals surface area contributed by atoms with Crippen molar-refractivity contribution in [1.82, 2.24) is 5.32 Å². The first-order valence-electron chi connectivity index (χ1n) is 5.28. The number of nitrogens with one attached hydrogen (secondary N) is 1. The molecule has 1 heterocycles. The van der Waals surface area contributed by atoms with Gasteiger partial charge in [-0.25, -0.2) is 0 Å². The van der Waals surface area contributed by atoms with E-state index in [9.17, 15) is 0 Å². The van der Waals surface area contributed by atoms with Crippen LogP contribution in [0, 0.1) is 5.92 Å². The Morgan fingerprint density at radius 3 is 3.15 bits per heavy atom. The maximum Gasteiger partial charge on any atom is 0.0725 e. The lowest BCUT2D eigenvalue weighted by molar-refractivity contribution is 0.0831. The van der Waals surface area contributed by atoms with Crippen LogP contribution in [0.3, 0.4) is 0 Å². The molecule has 76 valence electrons. The SMILES string of the molecule is C=CC(C)OCCC1CCCNC1. The lowest BCUT2D eigenvalue weighted by Crippen LogP contribution is -2.30. The molecule has 1 aliphatic heterocycles. The normalized spacial score (nSPS) is 25.5. The van der Waals surface area contributed by atoms with Crippen LogP contribution in [0.5, 0.6) is 0 Å². The molecule has 1 rings (SSSR count). The molecule has 2 nitrogen and oxygen atoms in total. The van der Waals surface area contributed by atoms with Crippen LogP contribution in [0.4, 0.5) is 0 Å². The third-order valence-electron chi connectivity index (χ3n) is 2.64. The van der Waals surface area contributed by atoms with E-state index in [4.69, 9.17) is 4.74 Å². The van der Waals surface area contributed by atoms with Crippen molar-refractivity contribution in [2.45, 2.75) is 32.3 Å². The van der Waals surface area contributed by atoms with Gasteiger partial charge in [-0.15, -0.1) is 6.58 Å². The highest BCUT2D eigenvalue weighted by atomic mass is 16.5. The second-order valence-electron chi connectivity index (χ2n) is 3.81. The van der Waals surface area contributed by atoms with Gasteiger partial charge in [0.15, 0.2) is 0 Å². The molecule has 1 saturated heterocycles. The van der Waals surface area contributed by atoms with E-state index in [0.717, 1.165) is 12.5 Å². The molecular formula is C11H21NO. The van der Waals surface area contributed by atoms with Gasteiger partial charge in [0.2, 0.25) is 0 Å². The quantitative estimate of drug-likeness (QED) is 0.658. The highest BCUT2D eigenvalue weighted by Crippen LogP contribution is 2.14. The first-order valence-corrected chi connectivity index (χ1v) is 5.28. The second-order valence-corrected chi connectivity index (χ2v) is 3.81. The van der Waals surface area contributed by atoms with Crippen molar-refractivity contribution in [1.29, 1.82) is 0 Å². The summed E-state index contributed by atoms with van der Waals surface area (Å²) in [5, 5.41) is 3.41. The van der Waals surface area contributed by atoms with Gasteiger partial charge < -0.3 is 10.1 Å². The zero-order valence-corrected chi connectivity index (χ0v) is 8.59. The minimum atomic E-state index is 0.205. The van der Waals surface area contributed by atoms with Crippen LogP contribution < -0.4 is 5.32 Å². The fourth-order valence-electron chi connectivity index (χ4n) is 1.66. The van der Waals surface area contributed by atoms with E-state index in [1.807, 2.05) is 13.0 Å². The van der Waals surface area contributed by atoms with Crippen LogP contribution in [-0.4, -0.2) is 25.8 Å². The van der Waals surface area contributed by atoms with Gasteiger partial charge in [0, 0.05) is 6.61 Å². The Balaban J connectivity index is 2.01. The van der Waals surface area contributed by atoms with Crippen molar-refractivity contribution < 1.29 is 4.74 Å². The van der Waals surface area contributed by atoms with Crippen LogP contribution in [0.25, 0.3) is 0 Å². The first-order chi connectivity index (χ1) is 6.33. The average Bonchev–Trinajstić information content (AvgIpc) is 2.19. The number of hydrogen-bond acceptors (Lipinski definition) is 2. The van der Waals surface area contributed by atoms with Crippen molar-refractivity contribution in [2.75, 3.05) is 19.7 Å². The molecule has 13 heavy (non-hydrogen) atoms. The van der Waals surface area contributed by atoms with Crippen LogP contribution >= 0.6 is 0 Å². The third kappa shape index (κ3) is 4.44. The van der Waals surface area contributed by atoms with E-state index in [1.165, 1.54) is 32.4 Å². The second kappa shape index (κ2) is 6.17. The summed E-state index contributed by atoms with van der Waals surface area (Å²) in [4.78, 5) is 0. The molecule has 0 aromatic carbocycles. The fraction of sp³-hybridized carbons (Fsp3) is 0.818. The van der Waals surface area contributed by atoms with Gasteiger partial charge in [-0.3, -0.25) is 0 Å². The van der Waals surface area contributed by atoms with Crippen molar-refractivity contribution >= 4 is 0 Å². The van der Waals surface area contributed by atoms with Gasteiger partial charge in [-0.1, -0.05) is 6.08 Å². The summed E-state index contributed by atoms with van der Waals surface area (Å²) in [6.45, 7) is 8.96. The maximum atomic E-state index is 5.55. The summed E-state index contributed by atoms with van der Waals surface area (Å²) < 4.78 is 5.55. The molecule has 0 bridgehead atoms. The predicted octanol–water partition coefficient (Wildman–Crippen LogP) is 1.97. The summed E-state index contributed by atoms with van der Waals surface area (Å²) in [6.07, 6.45) is 5.92. The number of ether oxygens (including phenoxy) is 1. The largest absolute Gasteiger partial charge is 0.374 e. The molecule has 0 aromatic rings.